The van der Waals surface area contributed by atoms with Gasteiger partial charge in [-0.3, -0.25) is 4.98 Å². The van der Waals surface area contributed by atoms with Crippen molar-refractivity contribution in [3.05, 3.63) is 24.5 Å². The monoisotopic (exact) mass is 251 g/mol. The molecule has 1 heterocycles. The molecule has 100 valence electrons. The molecule has 1 atom stereocenters. The van der Waals surface area contributed by atoms with Gasteiger partial charge < -0.3 is 15.7 Å². The SMILES string of the molecule is CC(C)(C)[C@@H](CCO)NC(=O)Nc1ccncc1. The third-order valence-electron chi connectivity index (χ3n) is 2.71. The van der Waals surface area contributed by atoms with E-state index in [1.54, 1.807) is 24.5 Å². The molecule has 5 nitrogen and oxygen atoms in total. The average Bonchev–Trinajstić information content (AvgIpc) is 2.28. The van der Waals surface area contributed by atoms with Crippen LogP contribution >= 0.6 is 0 Å². The van der Waals surface area contributed by atoms with Crippen molar-refractivity contribution in [2.24, 2.45) is 5.41 Å². The number of hydrogen-bond donors (Lipinski definition) is 3. The number of aromatic nitrogens is 1. The van der Waals surface area contributed by atoms with E-state index in [4.69, 9.17) is 5.11 Å². The van der Waals surface area contributed by atoms with Gasteiger partial charge in [0, 0.05) is 30.7 Å². The van der Waals surface area contributed by atoms with E-state index in [-0.39, 0.29) is 24.1 Å². The van der Waals surface area contributed by atoms with E-state index in [1.807, 2.05) is 20.8 Å². The van der Waals surface area contributed by atoms with E-state index in [2.05, 4.69) is 15.6 Å². The Kier molecular flexibility index (Phi) is 5.09. The van der Waals surface area contributed by atoms with Crippen LogP contribution in [0.4, 0.5) is 10.5 Å². The molecule has 18 heavy (non-hydrogen) atoms. The molecule has 3 N–H and O–H groups in total. The molecule has 0 aliphatic rings. The first-order chi connectivity index (χ1) is 8.43. The van der Waals surface area contributed by atoms with Crippen LogP contribution in [0, 0.1) is 5.41 Å². The average molecular weight is 251 g/mol. The van der Waals surface area contributed by atoms with Crippen LogP contribution in [-0.4, -0.2) is 28.8 Å². The van der Waals surface area contributed by atoms with E-state index < -0.39 is 0 Å². The maximum absolute atomic E-state index is 11.8. The first-order valence-corrected chi connectivity index (χ1v) is 6.02. The molecule has 0 saturated carbocycles. The zero-order chi connectivity index (χ0) is 13.6. The Morgan fingerprint density at radius 2 is 2.00 bits per heavy atom. The fourth-order valence-corrected chi connectivity index (χ4v) is 1.61. The third kappa shape index (κ3) is 4.71. The molecule has 1 aromatic rings. The van der Waals surface area contributed by atoms with Crippen molar-refractivity contribution in [1.29, 1.82) is 0 Å². The van der Waals surface area contributed by atoms with Crippen LogP contribution < -0.4 is 10.6 Å². The Balaban J connectivity index is 2.57. The summed E-state index contributed by atoms with van der Waals surface area (Å²) in [6, 6.07) is 3.09. The normalized spacial score (nSPS) is 12.9. The third-order valence-corrected chi connectivity index (χ3v) is 2.71. The second kappa shape index (κ2) is 6.35. The van der Waals surface area contributed by atoms with Gasteiger partial charge in [0.1, 0.15) is 0 Å². The summed E-state index contributed by atoms with van der Waals surface area (Å²) in [6.45, 7) is 6.14. The number of nitrogens with zero attached hydrogens (tertiary/aromatic N) is 1. The Morgan fingerprint density at radius 1 is 1.39 bits per heavy atom. The number of carbonyl (C=O) groups excluding carboxylic acids is 1. The van der Waals surface area contributed by atoms with Crippen LogP contribution in [0.3, 0.4) is 0 Å². The second-order valence-corrected chi connectivity index (χ2v) is 5.27. The highest BCUT2D eigenvalue weighted by atomic mass is 16.3. The van der Waals surface area contributed by atoms with Gasteiger partial charge in [0.25, 0.3) is 0 Å². The Hall–Kier alpha value is -1.62. The summed E-state index contributed by atoms with van der Waals surface area (Å²) in [5.74, 6) is 0. The number of amides is 2. The highest BCUT2D eigenvalue weighted by molar-refractivity contribution is 5.89. The molecule has 1 rings (SSSR count). The van der Waals surface area contributed by atoms with Crippen LogP contribution in [0.25, 0.3) is 0 Å². The molecule has 0 aliphatic carbocycles. The summed E-state index contributed by atoms with van der Waals surface area (Å²) in [5, 5.41) is 14.6. The van der Waals surface area contributed by atoms with Crippen molar-refractivity contribution in [3.63, 3.8) is 0 Å². The minimum absolute atomic E-state index is 0.0530. The van der Waals surface area contributed by atoms with E-state index >= 15 is 0 Å². The van der Waals surface area contributed by atoms with Crippen LogP contribution in [0.15, 0.2) is 24.5 Å². The summed E-state index contributed by atoms with van der Waals surface area (Å²) < 4.78 is 0. The number of urea groups is 1. The highest BCUT2D eigenvalue weighted by Gasteiger charge is 2.25. The Labute approximate surface area is 108 Å². The topological polar surface area (TPSA) is 74.2 Å². The summed E-state index contributed by atoms with van der Waals surface area (Å²) in [6.07, 6.45) is 3.77. The lowest BCUT2D eigenvalue weighted by molar-refractivity contribution is 0.194. The van der Waals surface area contributed by atoms with Crippen molar-refractivity contribution in [2.45, 2.75) is 33.2 Å². The number of nitrogens with one attached hydrogen (secondary N) is 2. The maximum atomic E-state index is 11.8. The number of rotatable bonds is 4. The number of anilines is 1. The first-order valence-electron chi connectivity index (χ1n) is 6.02. The number of aliphatic hydroxyl groups excluding tert-OH is 1. The standard InChI is InChI=1S/C13H21N3O2/c1-13(2,3)11(6-9-17)16-12(18)15-10-4-7-14-8-5-10/h4-5,7-8,11,17H,6,9H2,1-3H3,(H2,14,15,16,18)/t11-/m1/s1. The lowest BCUT2D eigenvalue weighted by Crippen LogP contribution is -2.46. The zero-order valence-corrected chi connectivity index (χ0v) is 11.1. The van der Waals surface area contributed by atoms with Gasteiger partial charge in [-0.05, 0) is 24.0 Å². The van der Waals surface area contributed by atoms with E-state index in [0.717, 1.165) is 0 Å². The molecule has 2 amide bonds. The molecule has 0 aromatic carbocycles. The smallest absolute Gasteiger partial charge is 0.319 e. The van der Waals surface area contributed by atoms with E-state index in [1.165, 1.54) is 0 Å². The number of hydrogen-bond acceptors (Lipinski definition) is 3. The minimum atomic E-state index is -0.269. The van der Waals surface area contributed by atoms with Gasteiger partial charge in [-0.2, -0.15) is 0 Å². The summed E-state index contributed by atoms with van der Waals surface area (Å²) in [7, 11) is 0. The molecule has 0 aliphatic heterocycles. The maximum Gasteiger partial charge on any atom is 0.319 e. The lowest BCUT2D eigenvalue weighted by Gasteiger charge is -2.31. The molecule has 0 unspecified atom stereocenters. The van der Waals surface area contributed by atoms with Gasteiger partial charge in [0.15, 0.2) is 0 Å². The largest absolute Gasteiger partial charge is 0.396 e. The van der Waals surface area contributed by atoms with Crippen molar-refractivity contribution in [1.82, 2.24) is 10.3 Å². The van der Waals surface area contributed by atoms with Gasteiger partial charge in [0.05, 0.1) is 0 Å². The fraction of sp³-hybridized carbons (Fsp3) is 0.538. The number of aliphatic hydroxyl groups is 1. The molecule has 1 aromatic heterocycles. The lowest BCUT2D eigenvalue weighted by atomic mass is 9.85. The molecular formula is C13H21N3O2. The molecule has 0 bridgehead atoms. The summed E-state index contributed by atoms with van der Waals surface area (Å²) >= 11 is 0. The van der Waals surface area contributed by atoms with Crippen molar-refractivity contribution in [2.75, 3.05) is 11.9 Å². The van der Waals surface area contributed by atoms with Gasteiger partial charge in [-0.15, -0.1) is 0 Å². The number of pyridine rings is 1. The number of carbonyl (C=O) groups is 1. The van der Waals surface area contributed by atoms with Crippen LogP contribution in [0.1, 0.15) is 27.2 Å². The first kappa shape index (κ1) is 14.4. The van der Waals surface area contributed by atoms with Crippen molar-refractivity contribution < 1.29 is 9.90 Å². The fourth-order valence-electron chi connectivity index (χ4n) is 1.61. The van der Waals surface area contributed by atoms with Crippen molar-refractivity contribution in [3.8, 4) is 0 Å². The molecular weight excluding hydrogens is 230 g/mol. The van der Waals surface area contributed by atoms with Gasteiger partial charge in [0.2, 0.25) is 0 Å². The van der Waals surface area contributed by atoms with Gasteiger partial charge in [-0.1, -0.05) is 20.8 Å². The quantitative estimate of drug-likeness (QED) is 0.766. The minimum Gasteiger partial charge on any atom is -0.396 e. The van der Waals surface area contributed by atoms with Gasteiger partial charge >= 0.3 is 6.03 Å². The van der Waals surface area contributed by atoms with Crippen LogP contribution in [-0.2, 0) is 0 Å². The predicted octanol–water partition coefficient (Wildman–Crippen LogP) is 2.00. The molecule has 5 heteroatoms. The van der Waals surface area contributed by atoms with Crippen LogP contribution in [0.5, 0.6) is 0 Å². The summed E-state index contributed by atoms with van der Waals surface area (Å²) in [5.41, 5.74) is 0.595. The molecule has 0 saturated heterocycles. The van der Waals surface area contributed by atoms with Gasteiger partial charge in [-0.25, -0.2) is 4.79 Å². The predicted molar refractivity (Wildman–Crippen MR) is 71.3 cm³/mol. The van der Waals surface area contributed by atoms with E-state index in [0.29, 0.717) is 12.1 Å². The second-order valence-electron chi connectivity index (χ2n) is 5.27. The molecule has 0 radical (unpaired) electrons. The highest BCUT2D eigenvalue weighted by Crippen LogP contribution is 2.21. The Morgan fingerprint density at radius 3 is 2.50 bits per heavy atom. The van der Waals surface area contributed by atoms with E-state index in [9.17, 15) is 4.79 Å². The zero-order valence-electron chi connectivity index (χ0n) is 11.1. The van der Waals surface area contributed by atoms with Crippen LogP contribution in [0.2, 0.25) is 0 Å². The molecule has 0 fully saturated rings. The molecule has 0 spiro atoms. The Bertz CT molecular complexity index is 374. The van der Waals surface area contributed by atoms with Crippen molar-refractivity contribution >= 4 is 11.7 Å². The summed E-state index contributed by atoms with van der Waals surface area (Å²) in [4.78, 5) is 15.7.